The molecule has 2 nitrogen and oxygen atoms in total. The van der Waals surface area contributed by atoms with Crippen molar-refractivity contribution in [3.8, 4) is 0 Å². The molecule has 82 valence electrons. The lowest BCUT2D eigenvalue weighted by atomic mass is 10.2. The number of rotatable bonds is 1. The van der Waals surface area contributed by atoms with Crippen molar-refractivity contribution in [2.24, 2.45) is 0 Å². The Bertz CT molecular complexity index is 306. The molecule has 15 heavy (non-hydrogen) atoms. The zero-order valence-electron chi connectivity index (χ0n) is 8.88. The summed E-state index contributed by atoms with van der Waals surface area (Å²) in [6.45, 7) is 3.94. The maximum Gasteiger partial charge on any atom is 0.146 e. The van der Waals surface area contributed by atoms with Crippen LogP contribution in [0.5, 0.6) is 0 Å². The number of nitrogens with zero attached hydrogens (tertiary/aromatic N) is 1. The average molecular weight is 208 g/mol. The minimum Gasteiger partial charge on any atom is -0.369 e. The van der Waals surface area contributed by atoms with E-state index in [-0.39, 0.29) is 5.82 Å². The van der Waals surface area contributed by atoms with Crippen LogP contribution in [0.15, 0.2) is 24.3 Å². The molecule has 1 aromatic rings. The summed E-state index contributed by atoms with van der Waals surface area (Å²) in [5.74, 6) is -0.106. The van der Waals surface area contributed by atoms with Crippen LogP contribution in [-0.2, 0) is 0 Å². The first kappa shape index (κ1) is 10.4. The molecular formula is C12H17FN2. The van der Waals surface area contributed by atoms with Gasteiger partial charge in [-0.1, -0.05) is 12.1 Å². The second-order valence-electron chi connectivity index (χ2n) is 3.90. The van der Waals surface area contributed by atoms with Crippen LogP contribution in [0.1, 0.15) is 12.8 Å². The lowest BCUT2D eigenvalue weighted by Crippen LogP contribution is -2.34. The summed E-state index contributed by atoms with van der Waals surface area (Å²) in [5, 5.41) is 3.35. The summed E-state index contributed by atoms with van der Waals surface area (Å²) in [5.41, 5.74) is 0.749. The first-order valence-electron chi connectivity index (χ1n) is 5.58. The van der Waals surface area contributed by atoms with Crippen molar-refractivity contribution >= 4 is 5.69 Å². The van der Waals surface area contributed by atoms with Crippen LogP contribution < -0.4 is 10.2 Å². The predicted octanol–water partition coefficient (Wildman–Crippen LogP) is 2.02. The molecule has 0 unspecified atom stereocenters. The quantitative estimate of drug-likeness (QED) is 0.759. The summed E-state index contributed by atoms with van der Waals surface area (Å²) in [7, 11) is 0. The van der Waals surface area contributed by atoms with Crippen molar-refractivity contribution in [2.75, 3.05) is 31.1 Å². The molecule has 0 atom stereocenters. The fourth-order valence-corrected chi connectivity index (χ4v) is 1.98. The first-order valence-corrected chi connectivity index (χ1v) is 5.58. The number of anilines is 1. The van der Waals surface area contributed by atoms with Gasteiger partial charge in [-0.2, -0.15) is 0 Å². The molecule has 1 N–H and O–H groups in total. The third-order valence-corrected chi connectivity index (χ3v) is 2.76. The van der Waals surface area contributed by atoms with Gasteiger partial charge in [0.1, 0.15) is 5.82 Å². The standard InChI is InChI=1S/C12H17FN2/c13-11-5-1-2-6-12(11)15-9-3-7-14-8-4-10-15/h1-2,5-6,14H,3-4,7-10H2. The highest BCUT2D eigenvalue weighted by Crippen LogP contribution is 2.19. The van der Waals surface area contributed by atoms with Crippen molar-refractivity contribution in [2.45, 2.75) is 12.8 Å². The van der Waals surface area contributed by atoms with Gasteiger partial charge in [-0.25, -0.2) is 4.39 Å². The molecule has 0 radical (unpaired) electrons. The topological polar surface area (TPSA) is 15.3 Å². The van der Waals surface area contributed by atoms with E-state index in [1.165, 1.54) is 6.07 Å². The lowest BCUT2D eigenvalue weighted by molar-refractivity contribution is 0.554. The summed E-state index contributed by atoms with van der Waals surface area (Å²) in [6, 6.07) is 7.04. The average Bonchev–Trinajstić information content (AvgIpc) is 2.19. The van der Waals surface area contributed by atoms with Crippen LogP contribution in [0.4, 0.5) is 10.1 Å². The van der Waals surface area contributed by atoms with Gasteiger partial charge >= 0.3 is 0 Å². The minimum atomic E-state index is -0.106. The largest absolute Gasteiger partial charge is 0.369 e. The van der Waals surface area contributed by atoms with E-state index in [1.807, 2.05) is 12.1 Å². The second-order valence-corrected chi connectivity index (χ2v) is 3.90. The van der Waals surface area contributed by atoms with E-state index in [9.17, 15) is 4.39 Å². The van der Waals surface area contributed by atoms with Crippen LogP contribution in [0.2, 0.25) is 0 Å². The highest BCUT2D eigenvalue weighted by Gasteiger charge is 2.11. The molecule has 0 bridgehead atoms. The molecule has 1 aliphatic heterocycles. The molecule has 0 aromatic heterocycles. The van der Waals surface area contributed by atoms with Crippen LogP contribution in [0, 0.1) is 5.82 Å². The van der Waals surface area contributed by atoms with Crippen molar-refractivity contribution in [3.05, 3.63) is 30.1 Å². The van der Waals surface area contributed by atoms with E-state index in [4.69, 9.17) is 0 Å². The highest BCUT2D eigenvalue weighted by molar-refractivity contribution is 5.47. The van der Waals surface area contributed by atoms with E-state index in [1.54, 1.807) is 6.07 Å². The van der Waals surface area contributed by atoms with Gasteiger partial charge in [-0.3, -0.25) is 0 Å². The normalized spacial score (nSPS) is 18.3. The molecule has 0 aliphatic carbocycles. The third kappa shape index (κ3) is 2.69. The molecule has 0 spiro atoms. The molecule has 3 heteroatoms. The fraction of sp³-hybridized carbons (Fsp3) is 0.500. The molecule has 1 heterocycles. The maximum absolute atomic E-state index is 13.6. The summed E-state index contributed by atoms with van der Waals surface area (Å²) >= 11 is 0. The Morgan fingerprint density at radius 2 is 1.73 bits per heavy atom. The summed E-state index contributed by atoms with van der Waals surface area (Å²) in [6.07, 6.45) is 2.16. The van der Waals surface area contributed by atoms with Gasteiger partial charge in [0, 0.05) is 13.1 Å². The number of benzene rings is 1. The molecule has 0 amide bonds. The van der Waals surface area contributed by atoms with Gasteiger partial charge in [0.05, 0.1) is 5.69 Å². The SMILES string of the molecule is Fc1ccccc1N1CCCNCCC1. The maximum atomic E-state index is 13.6. The zero-order valence-corrected chi connectivity index (χ0v) is 8.88. The number of halogens is 1. The zero-order chi connectivity index (χ0) is 10.5. The van der Waals surface area contributed by atoms with E-state index in [0.29, 0.717) is 0 Å². The van der Waals surface area contributed by atoms with E-state index < -0.39 is 0 Å². The first-order chi connectivity index (χ1) is 7.38. The molecule has 1 fully saturated rings. The van der Waals surface area contributed by atoms with Crippen LogP contribution in [-0.4, -0.2) is 26.2 Å². The molecule has 1 aliphatic rings. The predicted molar refractivity (Wildman–Crippen MR) is 60.7 cm³/mol. The summed E-state index contributed by atoms with van der Waals surface area (Å²) in [4.78, 5) is 2.15. The fourth-order valence-electron chi connectivity index (χ4n) is 1.98. The van der Waals surface area contributed by atoms with Crippen LogP contribution >= 0.6 is 0 Å². The lowest BCUT2D eigenvalue weighted by Gasteiger charge is -2.27. The van der Waals surface area contributed by atoms with Crippen LogP contribution in [0.3, 0.4) is 0 Å². The van der Waals surface area contributed by atoms with E-state index in [0.717, 1.165) is 44.7 Å². The smallest absolute Gasteiger partial charge is 0.146 e. The van der Waals surface area contributed by atoms with Gasteiger partial charge in [-0.15, -0.1) is 0 Å². The third-order valence-electron chi connectivity index (χ3n) is 2.76. The monoisotopic (exact) mass is 208 g/mol. The second kappa shape index (κ2) is 5.12. The molecule has 1 aromatic carbocycles. The molecular weight excluding hydrogens is 191 g/mol. The van der Waals surface area contributed by atoms with Crippen molar-refractivity contribution in [1.82, 2.24) is 5.32 Å². The Balaban J connectivity index is 2.10. The number of hydrogen-bond donors (Lipinski definition) is 1. The van der Waals surface area contributed by atoms with Gasteiger partial charge < -0.3 is 10.2 Å². The Hall–Kier alpha value is -1.09. The molecule has 2 rings (SSSR count). The molecule has 1 saturated heterocycles. The van der Waals surface area contributed by atoms with Crippen molar-refractivity contribution < 1.29 is 4.39 Å². The van der Waals surface area contributed by atoms with Crippen LogP contribution in [0.25, 0.3) is 0 Å². The van der Waals surface area contributed by atoms with E-state index in [2.05, 4.69) is 10.2 Å². The Morgan fingerprint density at radius 1 is 1.07 bits per heavy atom. The Labute approximate surface area is 90.1 Å². The highest BCUT2D eigenvalue weighted by atomic mass is 19.1. The molecule has 0 saturated carbocycles. The number of hydrogen-bond acceptors (Lipinski definition) is 2. The minimum absolute atomic E-state index is 0.106. The summed E-state index contributed by atoms with van der Waals surface area (Å²) < 4.78 is 13.6. The Morgan fingerprint density at radius 3 is 2.40 bits per heavy atom. The Kier molecular flexibility index (Phi) is 3.56. The number of para-hydroxylation sites is 1. The van der Waals surface area contributed by atoms with E-state index >= 15 is 0 Å². The van der Waals surface area contributed by atoms with Crippen molar-refractivity contribution in [1.29, 1.82) is 0 Å². The van der Waals surface area contributed by atoms with Gasteiger partial charge in [0.2, 0.25) is 0 Å². The van der Waals surface area contributed by atoms with Crippen molar-refractivity contribution in [3.63, 3.8) is 0 Å². The number of nitrogens with one attached hydrogen (secondary N) is 1. The van der Waals surface area contributed by atoms with Gasteiger partial charge in [0.25, 0.3) is 0 Å². The van der Waals surface area contributed by atoms with Gasteiger partial charge in [0.15, 0.2) is 0 Å². The van der Waals surface area contributed by atoms with Gasteiger partial charge in [-0.05, 0) is 38.1 Å².